The highest BCUT2D eigenvalue weighted by atomic mass is 16.5. The molecule has 7 nitrogen and oxygen atoms in total. The molecule has 0 saturated carbocycles. The molecule has 2 heterocycles. The maximum absolute atomic E-state index is 12.8. The van der Waals surface area contributed by atoms with Crippen LogP contribution in [-0.4, -0.2) is 42.3 Å². The summed E-state index contributed by atoms with van der Waals surface area (Å²) in [6.07, 6.45) is 6.55. The van der Waals surface area contributed by atoms with E-state index in [1.807, 2.05) is 31.2 Å². The second-order valence-corrected chi connectivity index (χ2v) is 7.59. The average Bonchev–Trinajstić information content (AvgIpc) is 2.76. The molecule has 0 bridgehead atoms. The van der Waals surface area contributed by atoms with Crippen LogP contribution in [0.3, 0.4) is 0 Å². The number of piperidine rings is 1. The second-order valence-electron chi connectivity index (χ2n) is 7.59. The minimum absolute atomic E-state index is 0.0483. The van der Waals surface area contributed by atoms with E-state index in [2.05, 4.69) is 20.9 Å². The Bertz CT molecular complexity index is 813. The fourth-order valence-electron chi connectivity index (χ4n) is 3.67. The Balaban J connectivity index is 1.47. The predicted molar refractivity (Wildman–Crippen MR) is 117 cm³/mol. The highest BCUT2D eigenvalue weighted by Gasteiger charge is 2.13. The molecule has 1 unspecified atom stereocenters. The number of hydrogen-bond donors (Lipinski definition) is 3. The summed E-state index contributed by atoms with van der Waals surface area (Å²) in [5.41, 5.74) is 2.01. The minimum atomic E-state index is -0.0483. The van der Waals surface area contributed by atoms with Crippen molar-refractivity contribution >= 4 is 5.82 Å². The van der Waals surface area contributed by atoms with Crippen LogP contribution in [0.25, 0.3) is 0 Å². The van der Waals surface area contributed by atoms with Crippen LogP contribution in [0.15, 0.2) is 35.3 Å². The number of aryl methyl sites for hydroxylation is 1. The molecule has 0 aliphatic carbocycles. The summed E-state index contributed by atoms with van der Waals surface area (Å²) < 4.78 is 6.97. The molecule has 3 rings (SSSR count). The first-order valence-corrected chi connectivity index (χ1v) is 10.5. The number of aromatic nitrogens is 2. The van der Waals surface area contributed by atoms with E-state index in [0.29, 0.717) is 24.9 Å². The van der Waals surface area contributed by atoms with Crippen molar-refractivity contribution in [1.29, 1.82) is 0 Å². The van der Waals surface area contributed by atoms with E-state index >= 15 is 0 Å². The molecule has 3 N–H and O–H groups in total. The quantitative estimate of drug-likeness (QED) is 0.532. The zero-order valence-electron chi connectivity index (χ0n) is 17.5. The molecule has 29 heavy (non-hydrogen) atoms. The largest absolute Gasteiger partial charge is 0.497 e. The third-order valence-electron chi connectivity index (χ3n) is 5.45. The van der Waals surface area contributed by atoms with Gasteiger partial charge in [0.1, 0.15) is 5.75 Å². The van der Waals surface area contributed by atoms with Gasteiger partial charge in [0.05, 0.1) is 7.11 Å². The molecule has 2 aromatic rings. The molecule has 0 amide bonds. The lowest BCUT2D eigenvalue weighted by molar-refractivity contribution is 0.388. The topological polar surface area (TPSA) is 80.2 Å². The van der Waals surface area contributed by atoms with Gasteiger partial charge in [-0.2, -0.15) is 0 Å². The van der Waals surface area contributed by atoms with Gasteiger partial charge in [0, 0.05) is 44.1 Å². The van der Waals surface area contributed by atoms with E-state index < -0.39 is 0 Å². The highest BCUT2D eigenvalue weighted by molar-refractivity contribution is 5.32. The minimum Gasteiger partial charge on any atom is -0.497 e. The molecular formula is C22H33N5O2. The van der Waals surface area contributed by atoms with Crippen LogP contribution in [0.2, 0.25) is 0 Å². The highest BCUT2D eigenvalue weighted by Crippen LogP contribution is 2.11. The van der Waals surface area contributed by atoms with Gasteiger partial charge < -0.3 is 25.3 Å². The SMILES string of the molecule is COc1ccc(CNCCn2c(C)cnc(NCCC3CCCCN3)c2=O)cc1. The summed E-state index contributed by atoms with van der Waals surface area (Å²) in [7, 11) is 1.66. The lowest BCUT2D eigenvalue weighted by Gasteiger charge is -2.23. The van der Waals surface area contributed by atoms with Gasteiger partial charge in [-0.25, -0.2) is 4.98 Å². The van der Waals surface area contributed by atoms with E-state index in [9.17, 15) is 4.79 Å². The van der Waals surface area contributed by atoms with Gasteiger partial charge in [-0.3, -0.25) is 4.79 Å². The van der Waals surface area contributed by atoms with Crippen molar-refractivity contribution in [2.45, 2.75) is 51.7 Å². The maximum atomic E-state index is 12.8. The maximum Gasteiger partial charge on any atom is 0.293 e. The van der Waals surface area contributed by atoms with Gasteiger partial charge in [0.2, 0.25) is 0 Å². The van der Waals surface area contributed by atoms with Crippen LogP contribution < -0.4 is 26.2 Å². The zero-order valence-corrected chi connectivity index (χ0v) is 17.5. The fourth-order valence-corrected chi connectivity index (χ4v) is 3.67. The lowest BCUT2D eigenvalue weighted by Crippen LogP contribution is -2.36. The van der Waals surface area contributed by atoms with Crippen molar-refractivity contribution in [2.75, 3.05) is 32.1 Å². The number of benzene rings is 1. The summed E-state index contributed by atoms with van der Waals surface area (Å²) >= 11 is 0. The summed E-state index contributed by atoms with van der Waals surface area (Å²) in [5, 5.41) is 10.2. The van der Waals surface area contributed by atoms with Crippen LogP contribution in [0.4, 0.5) is 5.82 Å². The van der Waals surface area contributed by atoms with Crippen LogP contribution in [0, 0.1) is 6.92 Å². The number of nitrogens with zero attached hydrogens (tertiary/aromatic N) is 2. The van der Waals surface area contributed by atoms with Crippen molar-refractivity contribution < 1.29 is 4.74 Å². The molecule has 0 radical (unpaired) electrons. The number of nitrogens with one attached hydrogen (secondary N) is 3. The van der Waals surface area contributed by atoms with Crippen molar-refractivity contribution in [3.05, 3.63) is 52.1 Å². The van der Waals surface area contributed by atoms with Crippen molar-refractivity contribution in [1.82, 2.24) is 20.2 Å². The third kappa shape index (κ3) is 6.30. The van der Waals surface area contributed by atoms with Gasteiger partial charge in [0.15, 0.2) is 5.82 Å². The Morgan fingerprint density at radius 2 is 2.07 bits per heavy atom. The van der Waals surface area contributed by atoms with E-state index in [4.69, 9.17) is 4.74 Å². The number of methoxy groups -OCH3 is 1. The summed E-state index contributed by atoms with van der Waals surface area (Å²) in [6, 6.07) is 8.54. The summed E-state index contributed by atoms with van der Waals surface area (Å²) in [5.74, 6) is 1.30. The Morgan fingerprint density at radius 1 is 1.24 bits per heavy atom. The van der Waals surface area contributed by atoms with Gasteiger partial charge in [-0.15, -0.1) is 0 Å². The average molecular weight is 400 g/mol. The summed E-state index contributed by atoms with van der Waals surface area (Å²) in [6.45, 7) is 5.86. The lowest BCUT2D eigenvalue weighted by atomic mass is 10.0. The molecule has 0 spiro atoms. The van der Waals surface area contributed by atoms with E-state index in [1.165, 1.54) is 24.8 Å². The van der Waals surface area contributed by atoms with Crippen molar-refractivity contribution in [2.24, 2.45) is 0 Å². The van der Waals surface area contributed by atoms with Crippen LogP contribution in [0.5, 0.6) is 5.75 Å². The monoisotopic (exact) mass is 399 g/mol. The normalized spacial score (nSPS) is 16.6. The molecule has 1 aliphatic rings. The molecule has 1 atom stereocenters. The van der Waals surface area contributed by atoms with E-state index in [1.54, 1.807) is 17.9 Å². The fraction of sp³-hybridized carbons (Fsp3) is 0.545. The number of hydrogen-bond acceptors (Lipinski definition) is 6. The van der Waals surface area contributed by atoms with Crippen molar-refractivity contribution in [3.63, 3.8) is 0 Å². The van der Waals surface area contributed by atoms with Gasteiger partial charge in [-0.05, 0) is 50.4 Å². The molecule has 1 aromatic carbocycles. The van der Waals surface area contributed by atoms with Gasteiger partial charge in [0.25, 0.3) is 5.56 Å². The first-order chi connectivity index (χ1) is 14.2. The Labute approximate surface area is 172 Å². The molecule has 158 valence electrons. The van der Waals surface area contributed by atoms with Gasteiger partial charge >= 0.3 is 0 Å². The number of ether oxygens (including phenoxy) is 1. The van der Waals surface area contributed by atoms with Crippen LogP contribution >= 0.6 is 0 Å². The molecule has 1 aliphatic heterocycles. The molecule has 1 fully saturated rings. The van der Waals surface area contributed by atoms with Gasteiger partial charge in [-0.1, -0.05) is 18.6 Å². The standard InChI is InChI=1S/C22H33N5O2/c1-17-15-26-21(25-12-10-19-5-3-4-11-24-19)22(28)27(17)14-13-23-16-18-6-8-20(29-2)9-7-18/h6-9,15,19,23-24H,3-5,10-14,16H2,1-2H3,(H,25,26). The zero-order chi connectivity index (χ0) is 20.5. The Morgan fingerprint density at radius 3 is 2.79 bits per heavy atom. The smallest absolute Gasteiger partial charge is 0.293 e. The van der Waals surface area contributed by atoms with E-state index in [-0.39, 0.29) is 5.56 Å². The molecular weight excluding hydrogens is 366 g/mol. The first-order valence-electron chi connectivity index (χ1n) is 10.5. The van der Waals surface area contributed by atoms with Crippen molar-refractivity contribution in [3.8, 4) is 5.75 Å². The van der Waals surface area contributed by atoms with Crippen LogP contribution in [0.1, 0.15) is 36.9 Å². The number of anilines is 1. The third-order valence-corrected chi connectivity index (χ3v) is 5.45. The molecule has 1 saturated heterocycles. The Hall–Kier alpha value is -2.38. The molecule has 7 heteroatoms. The summed E-state index contributed by atoms with van der Waals surface area (Å²) in [4.78, 5) is 17.1. The molecule has 1 aromatic heterocycles. The number of rotatable bonds is 10. The second kappa shape index (κ2) is 11.0. The Kier molecular flexibility index (Phi) is 8.07. The van der Waals surface area contributed by atoms with Crippen LogP contribution in [-0.2, 0) is 13.1 Å². The predicted octanol–water partition coefficient (Wildman–Crippen LogP) is 2.29. The van der Waals surface area contributed by atoms with E-state index in [0.717, 1.165) is 37.5 Å². The first kappa shape index (κ1) is 21.3.